The Morgan fingerprint density at radius 1 is 1.12 bits per heavy atom. The second-order valence-electron chi connectivity index (χ2n) is 5.71. The smallest absolute Gasteiger partial charge is 0.169 e. The van der Waals surface area contributed by atoms with E-state index in [9.17, 15) is 4.39 Å². The highest BCUT2D eigenvalue weighted by Gasteiger charge is 2.10. The van der Waals surface area contributed by atoms with Gasteiger partial charge in [0.1, 0.15) is 23.2 Å². The molecule has 2 aromatic carbocycles. The number of aryl methyl sites for hydroxylation is 1. The van der Waals surface area contributed by atoms with Gasteiger partial charge in [0.05, 0.1) is 16.7 Å². The molecule has 132 valence electrons. The first-order chi connectivity index (χ1) is 12.7. The highest BCUT2D eigenvalue weighted by Crippen LogP contribution is 2.26. The Morgan fingerprint density at radius 2 is 1.92 bits per heavy atom. The van der Waals surface area contributed by atoms with Gasteiger partial charge in [0.2, 0.25) is 0 Å². The van der Waals surface area contributed by atoms with E-state index in [1.54, 1.807) is 35.2 Å². The number of para-hydroxylation sites is 2. The van der Waals surface area contributed by atoms with Crippen molar-refractivity contribution in [3.63, 3.8) is 0 Å². The molecule has 26 heavy (non-hydrogen) atoms. The molecular weight excluding hydrogens is 369 g/mol. The van der Waals surface area contributed by atoms with E-state index in [1.807, 2.05) is 30.6 Å². The molecule has 2 heterocycles. The Kier molecular flexibility index (Phi) is 4.90. The normalized spacial score (nSPS) is 11.2. The second kappa shape index (κ2) is 7.47. The van der Waals surface area contributed by atoms with Crippen LogP contribution in [0.1, 0.15) is 10.7 Å². The molecule has 0 aliphatic rings. The van der Waals surface area contributed by atoms with Gasteiger partial charge in [-0.05, 0) is 36.4 Å². The van der Waals surface area contributed by atoms with Gasteiger partial charge in [0.25, 0.3) is 0 Å². The zero-order valence-electron chi connectivity index (χ0n) is 14.1. The van der Waals surface area contributed by atoms with Crippen LogP contribution in [0, 0.1) is 5.82 Å². The number of thiazole rings is 1. The number of hydrogen-bond acceptors (Lipinski definition) is 5. The zero-order valence-corrected chi connectivity index (χ0v) is 15.7. The first-order valence-electron chi connectivity index (χ1n) is 8.05. The van der Waals surface area contributed by atoms with Crippen molar-refractivity contribution < 1.29 is 9.13 Å². The summed E-state index contributed by atoms with van der Waals surface area (Å²) in [6, 6.07) is 14.1. The quantitative estimate of drug-likeness (QED) is 0.436. The minimum Gasteiger partial charge on any atom is -0.486 e. The van der Waals surface area contributed by atoms with Crippen LogP contribution in [0.25, 0.3) is 11.0 Å². The standard InChI is InChI=1S/C19H16FN3OS2/c1-23-17-5-3-2-4-16(17)22-19(23)26-12-14-11-25-18(21-14)10-24-15-8-6-13(20)7-9-15/h2-9,11H,10,12H2,1H3. The lowest BCUT2D eigenvalue weighted by atomic mass is 10.3. The molecule has 0 saturated heterocycles. The third kappa shape index (κ3) is 3.73. The van der Waals surface area contributed by atoms with E-state index in [0.717, 1.165) is 32.6 Å². The van der Waals surface area contributed by atoms with E-state index in [2.05, 4.69) is 20.6 Å². The number of ether oxygens (including phenoxy) is 1. The lowest BCUT2D eigenvalue weighted by Gasteiger charge is -2.03. The maximum Gasteiger partial charge on any atom is 0.169 e. The first-order valence-corrected chi connectivity index (χ1v) is 9.91. The van der Waals surface area contributed by atoms with Crippen molar-refractivity contribution in [2.75, 3.05) is 0 Å². The Bertz CT molecular complexity index is 1030. The third-order valence-electron chi connectivity index (χ3n) is 3.87. The van der Waals surface area contributed by atoms with E-state index >= 15 is 0 Å². The topological polar surface area (TPSA) is 39.9 Å². The summed E-state index contributed by atoms with van der Waals surface area (Å²) in [5, 5.41) is 3.91. The van der Waals surface area contributed by atoms with Gasteiger partial charge in [0, 0.05) is 18.2 Å². The molecule has 0 N–H and O–H groups in total. The fourth-order valence-electron chi connectivity index (χ4n) is 2.55. The predicted molar refractivity (Wildman–Crippen MR) is 103 cm³/mol. The molecule has 0 radical (unpaired) electrons. The van der Waals surface area contributed by atoms with Crippen LogP contribution in [0.4, 0.5) is 4.39 Å². The number of halogens is 1. The molecule has 4 aromatic rings. The van der Waals surface area contributed by atoms with Gasteiger partial charge in [-0.1, -0.05) is 23.9 Å². The monoisotopic (exact) mass is 385 g/mol. The molecule has 0 aliphatic heterocycles. The molecule has 7 heteroatoms. The summed E-state index contributed by atoms with van der Waals surface area (Å²) < 4.78 is 20.6. The summed E-state index contributed by atoms with van der Waals surface area (Å²) >= 11 is 3.23. The summed E-state index contributed by atoms with van der Waals surface area (Å²) in [7, 11) is 2.03. The lowest BCUT2D eigenvalue weighted by molar-refractivity contribution is 0.305. The number of aromatic nitrogens is 3. The van der Waals surface area contributed by atoms with E-state index < -0.39 is 0 Å². The van der Waals surface area contributed by atoms with Crippen molar-refractivity contribution in [2.45, 2.75) is 17.5 Å². The fraction of sp³-hybridized carbons (Fsp3) is 0.158. The van der Waals surface area contributed by atoms with Crippen LogP contribution < -0.4 is 4.74 Å². The van der Waals surface area contributed by atoms with Crippen molar-refractivity contribution in [3.8, 4) is 5.75 Å². The summed E-state index contributed by atoms with van der Waals surface area (Å²) in [6.45, 7) is 0.382. The Balaban J connectivity index is 1.37. The molecule has 0 saturated carbocycles. The Labute approximate surface area is 158 Å². The van der Waals surface area contributed by atoms with Crippen molar-refractivity contribution in [1.82, 2.24) is 14.5 Å². The van der Waals surface area contributed by atoms with E-state index in [-0.39, 0.29) is 5.82 Å². The largest absolute Gasteiger partial charge is 0.486 e. The molecule has 0 unspecified atom stereocenters. The molecule has 0 aliphatic carbocycles. The first kappa shape index (κ1) is 17.1. The SMILES string of the molecule is Cn1c(SCc2csc(COc3ccc(F)cc3)n2)nc2ccccc21. The number of benzene rings is 2. The maximum absolute atomic E-state index is 12.9. The third-order valence-corrected chi connectivity index (χ3v) is 5.81. The van der Waals surface area contributed by atoms with Gasteiger partial charge >= 0.3 is 0 Å². The molecule has 4 nitrogen and oxygen atoms in total. The number of hydrogen-bond donors (Lipinski definition) is 0. The van der Waals surface area contributed by atoms with E-state index in [1.165, 1.54) is 12.1 Å². The van der Waals surface area contributed by atoms with Crippen LogP contribution in [0.5, 0.6) is 5.75 Å². The van der Waals surface area contributed by atoms with Gasteiger partial charge in [-0.25, -0.2) is 14.4 Å². The Hall–Kier alpha value is -2.38. The molecule has 0 fully saturated rings. The van der Waals surface area contributed by atoms with Crippen LogP contribution in [-0.4, -0.2) is 14.5 Å². The summed E-state index contributed by atoms with van der Waals surface area (Å²) in [4.78, 5) is 9.27. The molecule has 4 rings (SSSR count). The van der Waals surface area contributed by atoms with Crippen molar-refractivity contribution >= 4 is 34.1 Å². The molecular formula is C19H16FN3OS2. The lowest BCUT2D eigenvalue weighted by Crippen LogP contribution is -1.95. The number of fused-ring (bicyclic) bond motifs is 1. The molecule has 0 spiro atoms. The Morgan fingerprint density at radius 3 is 2.73 bits per heavy atom. The number of imidazole rings is 1. The number of rotatable bonds is 6. The van der Waals surface area contributed by atoms with Crippen molar-refractivity contribution in [1.29, 1.82) is 0 Å². The van der Waals surface area contributed by atoms with Gasteiger partial charge < -0.3 is 9.30 Å². The second-order valence-corrected chi connectivity index (χ2v) is 7.59. The van der Waals surface area contributed by atoms with Crippen molar-refractivity contribution in [2.24, 2.45) is 7.05 Å². The van der Waals surface area contributed by atoms with Crippen molar-refractivity contribution in [3.05, 3.63) is 70.4 Å². The average Bonchev–Trinajstić information content (AvgIpc) is 3.24. The molecule has 0 bridgehead atoms. The number of nitrogens with zero attached hydrogens (tertiary/aromatic N) is 3. The minimum atomic E-state index is -0.271. The van der Waals surface area contributed by atoms with Crippen LogP contribution in [0.2, 0.25) is 0 Å². The summed E-state index contributed by atoms with van der Waals surface area (Å²) in [5.41, 5.74) is 3.13. The molecule has 0 amide bonds. The van der Waals surface area contributed by atoms with Gasteiger partial charge in [-0.3, -0.25) is 0 Å². The number of thioether (sulfide) groups is 1. The molecule has 2 aromatic heterocycles. The van der Waals surface area contributed by atoms with Gasteiger partial charge in [0.15, 0.2) is 5.16 Å². The van der Waals surface area contributed by atoms with E-state index in [0.29, 0.717) is 12.4 Å². The summed E-state index contributed by atoms with van der Waals surface area (Å²) in [6.07, 6.45) is 0. The van der Waals surface area contributed by atoms with Crippen LogP contribution in [-0.2, 0) is 19.4 Å². The highest BCUT2D eigenvalue weighted by molar-refractivity contribution is 7.98. The zero-order chi connectivity index (χ0) is 17.9. The summed E-state index contributed by atoms with van der Waals surface area (Å²) in [5.74, 6) is 1.12. The highest BCUT2D eigenvalue weighted by atomic mass is 32.2. The fourth-order valence-corrected chi connectivity index (χ4v) is 4.24. The minimum absolute atomic E-state index is 0.271. The van der Waals surface area contributed by atoms with E-state index in [4.69, 9.17) is 4.74 Å². The van der Waals surface area contributed by atoms with Gasteiger partial charge in [-0.2, -0.15) is 0 Å². The maximum atomic E-state index is 12.9. The van der Waals surface area contributed by atoms with Crippen LogP contribution in [0.15, 0.2) is 59.1 Å². The van der Waals surface area contributed by atoms with Gasteiger partial charge in [-0.15, -0.1) is 11.3 Å². The average molecular weight is 385 g/mol. The van der Waals surface area contributed by atoms with Crippen LogP contribution >= 0.6 is 23.1 Å². The predicted octanol–water partition coefficient (Wildman–Crippen LogP) is 5.04. The molecule has 0 atom stereocenters. The van der Waals surface area contributed by atoms with Crippen LogP contribution in [0.3, 0.4) is 0 Å².